The Bertz CT molecular complexity index is 641. The maximum atomic E-state index is 4.52. The van der Waals surface area contributed by atoms with Crippen LogP contribution >= 0.6 is 0 Å². The molecule has 2 aromatic heterocycles. The minimum Gasteiger partial charge on any atom is -0.356 e. The van der Waals surface area contributed by atoms with Gasteiger partial charge in [-0.05, 0) is 30.9 Å². The Balaban J connectivity index is 1.28. The van der Waals surface area contributed by atoms with E-state index in [0.717, 1.165) is 56.8 Å². The van der Waals surface area contributed by atoms with Crippen molar-refractivity contribution < 1.29 is 0 Å². The van der Waals surface area contributed by atoms with Crippen LogP contribution in [0, 0.1) is 5.92 Å². The third kappa shape index (κ3) is 4.07. The van der Waals surface area contributed by atoms with Crippen LogP contribution in [-0.2, 0) is 0 Å². The van der Waals surface area contributed by atoms with Crippen molar-refractivity contribution in [3.05, 3.63) is 43.0 Å². The van der Waals surface area contributed by atoms with Crippen molar-refractivity contribution in [1.29, 1.82) is 0 Å². The summed E-state index contributed by atoms with van der Waals surface area (Å²) in [5.74, 6) is 2.86. The van der Waals surface area contributed by atoms with Crippen LogP contribution in [0.25, 0.3) is 0 Å². The maximum Gasteiger partial charge on any atom is 0.147 e. The largest absolute Gasteiger partial charge is 0.356 e. The first-order chi connectivity index (χ1) is 12.4. The van der Waals surface area contributed by atoms with Crippen LogP contribution in [0.5, 0.6) is 0 Å². The molecule has 2 aliphatic rings. The fourth-order valence-electron chi connectivity index (χ4n) is 3.94. The summed E-state index contributed by atoms with van der Waals surface area (Å²) >= 11 is 0. The third-order valence-corrected chi connectivity index (χ3v) is 5.25. The van der Waals surface area contributed by atoms with E-state index in [-0.39, 0.29) is 0 Å². The van der Waals surface area contributed by atoms with Crippen molar-refractivity contribution in [3.8, 4) is 0 Å². The molecule has 132 valence electrons. The van der Waals surface area contributed by atoms with Gasteiger partial charge >= 0.3 is 0 Å². The summed E-state index contributed by atoms with van der Waals surface area (Å²) in [5.41, 5.74) is 0. The summed E-state index contributed by atoms with van der Waals surface area (Å²) < 4.78 is 0. The highest BCUT2D eigenvalue weighted by molar-refractivity contribution is 5.38. The van der Waals surface area contributed by atoms with Crippen LogP contribution < -0.4 is 9.80 Å². The molecule has 0 aromatic carbocycles. The van der Waals surface area contributed by atoms with Gasteiger partial charge in [0, 0.05) is 64.4 Å². The number of piperazine rings is 1. The fraction of sp³-hybridized carbons (Fsp3) is 0.526. The molecule has 2 saturated heterocycles. The average molecular weight is 338 g/mol. The Morgan fingerprint density at radius 2 is 1.76 bits per heavy atom. The Morgan fingerprint density at radius 1 is 0.880 bits per heavy atom. The zero-order valence-corrected chi connectivity index (χ0v) is 14.7. The van der Waals surface area contributed by atoms with Crippen molar-refractivity contribution >= 4 is 11.6 Å². The van der Waals surface area contributed by atoms with Gasteiger partial charge in [0.05, 0.1) is 6.20 Å². The SMILES string of the molecule is c1ccc(N2CCCC(CN3CCN(c4cnccn4)CC3)C2)nc1. The predicted molar refractivity (Wildman–Crippen MR) is 99.9 cm³/mol. The van der Waals surface area contributed by atoms with Crippen molar-refractivity contribution in [2.24, 2.45) is 5.92 Å². The Kier molecular flexibility index (Phi) is 5.06. The summed E-state index contributed by atoms with van der Waals surface area (Å²) in [6.45, 7) is 7.74. The van der Waals surface area contributed by atoms with Crippen LogP contribution in [0.1, 0.15) is 12.8 Å². The molecule has 4 rings (SSSR count). The number of pyridine rings is 1. The van der Waals surface area contributed by atoms with Gasteiger partial charge in [0.1, 0.15) is 11.6 Å². The van der Waals surface area contributed by atoms with Crippen molar-refractivity contribution in [1.82, 2.24) is 19.9 Å². The van der Waals surface area contributed by atoms with Gasteiger partial charge < -0.3 is 9.80 Å². The van der Waals surface area contributed by atoms with Gasteiger partial charge in [0.2, 0.25) is 0 Å². The van der Waals surface area contributed by atoms with E-state index in [9.17, 15) is 0 Å². The highest BCUT2D eigenvalue weighted by atomic mass is 15.3. The van der Waals surface area contributed by atoms with E-state index >= 15 is 0 Å². The molecule has 25 heavy (non-hydrogen) atoms. The molecule has 0 N–H and O–H groups in total. The molecule has 6 heteroatoms. The van der Waals surface area contributed by atoms with Gasteiger partial charge in [-0.2, -0.15) is 0 Å². The molecule has 6 nitrogen and oxygen atoms in total. The number of aromatic nitrogens is 3. The van der Waals surface area contributed by atoms with E-state index in [2.05, 4.69) is 41.8 Å². The summed E-state index contributed by atoms with van der Waals surface area (Å²) in [7, 11) is 0. The number of hydrogen-bond donors (Lipinski definition) is 0. The number of piperidine rings is 1. The van der Waals surface area contributed by atoms with Gasteiger partial charge in [0.15, 0.2) is 0 Å². The second-order valence-electron chi connectivity index (χ2n) is 6.99. The van der Waals surface area contributed by atoms with E-state index in [4.69, 9.17) is 0 Å². The van der Waals surface area contributed by atoms with E-state index in [1.807, 2.05) is 18.5 Å². The van der Waals surface area contributed by atoms with Gasteiger partial charge in [-0.25, -0.2) is 9.97 Å². The average Bonchev–Trinajstić information content (AvgIpc) is 2.70. The van der Waals surface area contributed by atoms with E-state index < -0.39 is 0 Å². The predicted octanol–water partition coefficient (Wildman–Crippen LogP) is 1.91. The fourth-order valence-corrected chi connectivity index (χ4v) is 3.94. The second-order valence-corrected chi connectivity index (χ2v) is 6.99. The zero-order valence-electron chi connectivity index (χ0n) is 14.7. The molecule has 0 saturated carbocycles. The first-order valence-electron chi connectivity index (χ1n) is 9.28. The van der Waals surface area contributed by atoms with Crippen molar-refractivity contribution in [2.45, 2.75) is 12.8 Å². The Hall–Kier alpha value is -2.21. The monoisotopic (exact) mass is 338 g/mol. The molecular formula is C19H26N6. The Morgan fingerprint density at radius 3 is 2.52 bits per heavy atom. The van der Waals surface area contributed by atoms with Crippen LogP contribution in [0.15, 0.2) is 43.0 Å². The lowest BCUT2D eigenvalue weighted by Gasteiger charge is -2.39. The van der Waals surface area contributed by atoms with Gasteiger partial charge in [-0.15, -0.1) is 0 Å². The van der Waals surface area contributed by atoms with Crippen LogP contribution in [-0.4, -0.2) is 65.7 Å². The first-order valence-corrected chi connectivity index (χ1v) is 9.28. The van der Waals surface area contributed by atoms with Crippen LogP contribution in [0.3, 0.4) is 0 Å². The van der Waals surface area contributed by atoms with E-state index in [0.29, 0.717) is 0 Å². The van der Waals surface area contributed by atoms with E-state index in [1.165, 1.54) is 19.4 Å². The van der Waals surface area contributed by atoms with E-state index in [1.54, 1.807) is 12.4 Å². The molecular weight excluding hydrogens is 312 g/mol. The summed E-state index contributed by atoms with van der Waals surface area (Å²) in [5, 5.41) is 0. The summed E-state index contributed by atoms with van der Waals surface area (Å²) in [4.78, 5) is 20.5. The smallest absolute Gasteiger partial charge is 0.147 e. The highest BCUT2D eigenvalue weighted by Crippen LogP contribution is 2.22. The molecule has 2 fully saturated rings. The minimum atomic E-state index is 0.735. The lowest BCUT2D eigenvalue weighted by atomic mass is 9.97. The topological polar surface area (TPSA) is 48.4 Å². The zero-order chi connectivity index (χ0) is 16.9. The molecule has 4 heterocycles. The highest BCUT2D eigenvalue weighted by Gasteiger charge is 2.25. The Labute approximate surface area is 149 Å². The number of rotatable bonds is 4. The molecule has 0 radical (unpaired) electrons. The van der Waals surface area contributed by atoms with Gasteiger partial charge in [0.25, 0.3) is 0 Å². The third-order valence-electron chi connectivity index (χ3n) is 5.25. The molecule has 0 spiro atoms. The van der Waals surface area contributed by atoms with Gasteiger partial charge in [-0.1, -0.05) is 6.07 Å². The maximum absolute atomic E-state index is 4.52. The second kappa shape index (κ2) is 7.78. The van der Waals surface area contributed by atoms with Crippen molar-refractivity contribution in [2.75, 3.05) is 55.6 Å². The minimum absolute atomic E-state index is 0.735. The number of nitrogens with zero attached hydrogens (tertiary/aromatic N) is 6. The molecule has 2 aliphatic heterocycles. The number of anilines is 2. The van der Waals surface area contributed by atoms with Gasteiger partial charge in [-0.3, -0.25) is 9.88 Å². The normalized spacial score (nSPS) is 22.2. The standard InChI is InChI=1S/C19H26N6/c1-2-6-21-18(5-1)25-9-3-4-17(16-25)15-23-10-12-24(13-11-23)19-14-20-7-8-22-19/h1-2,5-8,14,17H,3-4,9-13,15-16H2. The summed E-state index contributed by atoms with van der Waals surface area (Å²) in [6, 6.07) is 6.20. The molecule has 1 unspecified atom stereocenters. The number of hydrogen-bond acceptors (Lipinski definition) is 6. The van der Waals surface area contributed by atoms with Crippen LogP contribution in [0.4, 0.5) is 11.6 Å². The van der Waals surface area contributed by atoms with Crippen molar-refractivity contribution in [3.63, 3.8) is 0 Å². The molecule has 0 amide bonds. The molecule has 2 aromatic rings. The first kappa shape index (κ1) is 16.3. The lowest BCUT2D eigenvalue weighted by molar-refractivity contribution is 0.205. The van der Waals surface area contributed by atoms with Crippen LogP contribution in [0.2, 0.25) is 0 Å². The summed E-state index contributed by atoms with van der Waals surface area (Å²) in [6.07, 6.45) is 9.85. The quantitative estimate of drug-likeness (QED) is 0.849. The molecule has 1 atom stereocenters. The molecule has 0 bridgehead atoms. The molecule has 0 aliphatic carbocycles. The lowest BCUT2D eigenvalue weighted by Crippen LogP contribution is -2.50.